The van der Waals surface area contributed by atoms with Crippen molar-refractivity contribution in [2.45, 2.75) is 0 Å². The molecule has 2 aromatic rings. The van der Waals surface area contributed by atoms with Gasteiger partial charge in [0.25, 0.3) is 0 Å². The maximum Gasteiger partial charge on any atom is 0.120 e. The monoisotopic (exact) mass is 228 g/mol. The second-order valence-electron chi connectivity index (χ2n) is 3.85. The molecule has 2 N–H and O–H groups in total. The highest BCUT2D eigenvalue weighted by Gasteiger charge is 2.04. The van der Waals surface area contributed by atoms with Crippen LogP contribution in [0.25, 0.3) is 0 Å². The molecule has 0 unspecified atom stereocenters. The van der Waals surface area contributed by atoms with Gasteiger partial charge in [-0.2, -0.15) is 0 Å². The van der Waals surface area contributed by atoms with Crippen molar-refractivity contribution in [2.75, 3.05) is 24.8 Å². The first kappa shape index (κ1) is 11.3. The molecule has 3 heteroatoms. The number of hydrogen-bond donors (Lipinski definition) is 1. The van der Waals surface area contributed by atoms with Gasteiger partial charge in [0.1, 0.15) is 5.75 Å². The van der Waals surface area contributed by atoms with Crippen molar-refractivity contribution in [1.29, 1.82) is 0 Å². The second-order valence-corrected chi connectivity index (χ2v) is 3.85. The Morgan fingerprint density at radius 1 is 1.00 bits per heavy atom. The third-order valence-electron chi connectivity index (χ3n) is 2.72. The quantitative estimate of drug-likeness (QED) is 0.820. The molecule has 0 aliphatic heterocycles. The lowest BCUT2D eigenvalue weighted by atomic mass is 10.2. The van der Waals surface area contributed by atoms with E-state index in [1.165, 1.54) is 0 Å². The molecule has 0 bridgehead atoms. The van der Waals surface area contributed by atoms with Crippen molar-refractivity contribution in [2.24, 2.45) is 0 Å². The van der Waals surface area contributed by atoms with Crippen molar-refractivity contribution in [3.05, 3.63) is 48.5 Å². The standard InChI is InChI=1S/C14H16N2O/c1-16(12-8-6-11(15)7-9-12)13-4-3-5-14(10-13)17-2/h3-10H,15H2,1-2H3. The number of methoxy groups -OCH3 is 1. The minimum atomic E-state index is 0.771. The van der Waals surface area contributed by atoms with E-state index < -0.39 is 0 Å². The summed E-state index contributed by atoms with van der Waals surface area (Å²) in [7, 11) is 3.68. The number of anilines is 3. The third kappa shape index (κ3) is 2.50. The largest absolute Gasteiger partial charge is 0.497 e. The predicted octanol–water partition coefficient (Wildman–Crippen LogP) is 3.05. The molecule has 0 atom stereocenters. The molecular weight excluding hydrogens is 212 g/mol. The van der Waals surface area contributed by atoms with Gasteiger partial charge in [-0.25, -0.2) is 0 Å². The maximum absolute atomic E-state index is 5.67. The molecule has 0 heterocycles. The Kier molecular flexibility index (Phi) is 3.19. The highest BCUT2D eigenvalue weighted by molar-refractivity contribution is 5.65. The summed E-state index contributed by atoms with van der Waals surface area (Å²) in [6.45, 7) is 0. The van der Waals surface area contributed by atoms with Crippen molar-refractivity contribution >= 4 is 17.1 Å². The van der Waals surface area contributed by atoms with Gasteiger partial charge in [0.05, 0.1) is 7.11 Å². The molecule has 0 amide bonds. The molecule has 0 saturated carbocycles. The normalized spacial score (nSPS) is 10.0. The molecule has 0 aliphatic rings. The van der Waals surface area contributed by atoms with E-state index in [4.69, 9.17) is 10.5 Å². The zero-order valence-corrected chi connectivity index (χ0v) is 10.1. The number of hydrogen-bond acceptors (Lipinski definition) is 3. The fraction of sp³-hybridized carbons (Fsp3) is 0.143. The first-order valence-corrected chi connectivity index (χ1v) is 5.44. The SMILES string of the molecule is COc1cccc(N(C)c2ccc(N)cc2)c1. The minimum Gasteiger partial charge on any atom is -0.497 e. The van der Waals surface area contributed by atoms with Gasteiger partial charge in [0.2, 0.25) is 0 Å². The Morgan fingerprint density at radius 2 is 1.71 bits per heavy atom. The molecule has 0 spiro atoms. The van der Waals surface area contributed by atoms with E-state index in [1.54, 1.807) is 7.11 Å². The Morgan fingerprint density at radius 3 is 2.35 bits per heavy atom. The lowest BCUT2D eigenvalue weighted by Gasteiger charge is -2.20. The highest BCUT2D eigenvalue weighted by Crippen LogP contribution is 2.26. The minimum absolute atomic E-state index is 0.771. The molecule has 0 fully saturated rings. The molecule has 2 aromatic carbocycles. The molecular formula is C14H16N2O. The lowest BCUT2D eigenvalue weighted by molar-refractivity contribution is 0.415. The van der Waals surface area contributed by atoms with Crippen LogP contribution in [-0.4, -0.2) is 14.2 Å². The zero-order chi connectivity index (χ0) is 12.3. The molecule has 3 nitrogen and oxygen atoms in total. The van der Waals surface area contributed by atoms with Crippen LogP contribution in [-0.2, 0) is 0 Å². The number of nitrogen functional groups attached to an aromatic ring is 1. The van der Waals surface area contributed by atoms with Gasteiger partial charge in [0, 0.05) is 30.2 Å². The Balaban J connectivity index is 2.29. The van der Waals surface area contributed by atoms with Crippen LogP contribution in [0.5, 0.6) is 5.75 Å². The molecule has 2 rings (SSSR count). The Bertz CT molecular complexity index is 494. The van der Waals surface area contributed by atoms with Crippen LogP contribution in [0, 0.1) is 0 Å². The van der Waals surface area contributed by atoms with Crippen LogP contribution in [0.3, 0.4) is 0 Å². The van der Waals surface area contributed by atoms with Gasteiger partial charge in [-0.05, 0) is 36.4 Å². The smallest absolute Gasteiger partial charge is 0.120 e. The number of nitrogens with two attached hydrogens (primary N) is 1. The number of benzene rings is 2. The first-order chi connectivity index (χ1) is 8.20. The van der Waals surface area contributed by atoms with E-state index >= 15 is 0 Å². The zero-order valence-electron chi connectivity index (χ0n) is 10.1. The van der Waals surface area contributed by atoms with Gasteiger partial charge < -0.3 is 15.4 Å². The van der Waals surface area contributed by atoms with Crippen LogP contribution in [0.15, 0.2) is 48.5 Å². The number of ether oxygens (including phenoxy) is 1. The highest BCUT2D eigenvalue weighted by atomic mass is 16.5. The van der Waals surface area contributed by atoms with Crippen molar-refractivity contribution < 1.29 is 4.74 Å². The van der Waals surface area contributed by atoms with E-state index in [0.29, 0.717) is 0 Å². The van der Waals surface area contributed by atoms with E-state index in [-0.39, 0.29) is 0 Å². The summed E-state index contributed by atoms with van der Waals surface area (Å²) in [5.41, 5.74) is 8.61. The van der Waals surface area contributed by atoms with Crippen LogP contribution in [0.4, 0.5) is 17.1 Å². The van der Waals surface area contributed by atoms with Crippen LogP contribution < -0.4 is 15.4 Å². The molecule has 88 valence electrons. The van der Waals surface area contributed by atoms with Crippen molar-refractivity contribution in [3.8, 4) is 5.75 Å². The average molecular weight is 228 g/mol. The van der Waals surface area contributed by atoms with Crippen LogP contribution in [0.1, 0.15) is 0 Å². The topological polar surface area (TPSA) is 38.5 Å². The summed E-state index contributed by atoms with van der Waals surface area (Å²) < 4.78 is 5.21. The summed E-state index contributed by atoms with van der Waals surface area (Å²) in [4.78, 5) is 2.09. The maximum atomic E-state index is 5.67. The van der Waals surface area contributed by atoms with E-state index in [1.807, 2.05) is 55.6 Å². The fourth-order valence-electron chi connectivity index (χ4n) is 1.67. The van der Waals surface area contributed by atoms with E-state index in [2.05, 4.69) is 4.90 Å². The van der Waals surface area contributed by atoms with Gasteiger partial charge >= 0.3 is 0 Å². The summed E-state index contributed by atoms with van der Waals surface area (Å²) in [6, 6.07) is 15.7. The molecule has 0 aliphatic carbocycles. The number of nitrogens with zero attached hydrogens (tertiary/aromatic N) is 1. The molecule has 0 aromatic heterocycles. The summed E-state index contributed by atoms with van der Waals surface area (Å²) in [5.74, 6) is 0.852. The Labute approximate surface area is 101 Å². The van der Waals surface area contributed by atoms with Crippen molar-refractivity contribution in [1.82, 2.24) is 0 Å². The van der Waals surface area contributed by atoms with Crippen LogP contribution >= 0.6 is 0 Å². The summed E-state index contributed by atoms with van der Waals surface area (Å²) in [5, 5.41) is 0. The van der Waals surface area contributed by atoms with Gasteiger partial charge in [-0.15, -0.1) is 0 Å². The number of rotatable bonds is 3. The summed E-state index contributed by atoms with van der Waals surface area (Å²) >= 11 is 0. The second kappa shape index (κ2) is 4.78. The molecule has 17 heavy (non-hydrogen) atoms. The van der Waals surface area contributed by atoms with Crippen molar-refractivity contribution in [3.63, 3.8) is 0 Å². The molecule has 0 saturated heterocycles. The fourth-order valence-corrected chi connectivity index (χ4v) is 1.67. The van der Waals surface area contributed by atoms with E-state index in [9.17, 15) is 0 Å². The van der Waals surface area contributed by atoms with Gasteiger partial charge in [0.15, 0.2) is 0 Å². The lowest BCUT2D eigenvalue weighted by Crippen LogP contribution is -2.09. The average Bonchev–Trinajstić information content (AvgIpc) is 2.39. The van der Waals surface area contributed by atoms with Crippen LogP contribution in [0.2, 0.25) is 0 Å². The van der Waals surface area contributed by atoms with E-state index in [0.717, 1.165) is 22.8 Å². The predicted molar refractivity (Wildman–Crippen MR) is 71.9 cm³/mol. The van der Waals surface area contributed by atoms with Gasteiger partial charge in [-0.3, -0.25) is 0 Å². The summed E-state index contributed by atoms with van der Waals surface area (Å²) in [6.07, 6.45) is 0. The first-order valence-electron chi connectivity index (χ1n) is 5.44. The third-order valence-corrected chi connectivity index (χ3v) is 2.72. The Hall–Kier alpha value is -2.16. The molecule has 0 radical (unpaired) electrons. The van der Waals surface area contributed by atoms with Gasteiger partial charge in [-0.1, -0.05) is 6.07 Å².